The maximum Gasteiger partial charge on any atom is 0.132 e. The van der Waals surface area contributed by atoms with Crippen molar-refractivity contribution in [3.63, 3.8) is 0 Å². The van der Waals surface area contributed by atoms with Gasteiger partial charge in [-0.15, -0.1) is 0 Å². The van der Waals surface area contributed by atoms with Gasteiger partial charge in [0.2, 0.25) is 0 Å². The number of nitrogens with zero attached hydrogens (tertiary/aromatic N) is 2. The van der Waals surface area contributed by atoms with Crippen LogP contribution in [0.2, 0.25) is 0 Å². The second kappa shape index (κ2) is 17.6. The summed E-state index contributed by atoms with van der Waals surface area (Å²) < 4.78 is 9.37. The number of hydrogen-bond donors (Lipinski definition) is 0. The highest BCUT2D eigenvalue weighted by molar-refractivity contribution is 6.09. The molecule has 0 N–H and O–H groups in total. The molecule has 0 bridgehead atoms. The van der Waals surface area contributed by atoms with Crippen LogP contribution in [0, 0.1) is 0 Å². The number of benzene rings is 12. The van der Waals surface area contributed by atoms with E-state index in [0.717, 1.165) is 67.6 Å². The van der Waals surface area contributed by atoms with Crippen LogP contribution in [0.3, 0.4) is 0 Å². The van der Waals surface area contributed by atoms with Gasteiger partial charge in [-0.2, -0.15) is 0 Å². The molecular formula is C73H48N2O. The number of anilines is 3. The van der Waals surface area contributed by atoms with Crippen LogP contribution in [0.4, 0.5) is 17.1 Å². The first kappa shape index (κ1) is 43.6. The van der Waals surface area contributed by atoms with Gasteiger partial charge >= 0.3 is 0 Å². The summed E-state index contributed by atoms with van der Waals surface area (Å²) in [5, 5.41) is 2.50. The van der Waals surface area contributed by atoms with E-state index < -0.39 is 5.41 Å². The van der Waals surface area contributed by atoms with Gasteiger partial charge in [0.25, 0.3) is 0 Å². The molecule has 12 aromatic carbocycles. The van der Waals surface area contributed by atoms with E-state index in [1.807, 2.05) is 0 Å². The predicted octanol–water partition coefficient (Wildman–Crippen LogP) is 19.4. The Morgan fingerprint density at radius 2 is 0.658 bits per heavy atom. The first-order valence-electron chi connectivity index (χ1n) is 26.2. The van der Waals surface area contributed by atoms with Gasteiger partial charge < -0.3 is 14.2 Å². The summed E-state index contributed by atoms with van der Waals surface area (Å²) in [6.45, 7) is 0. The van der Waals surface area contributed by atoms with Crippen LogP contribution in [-0.2, 0) is 5.41 Å². The topological polar surface area (TPSA) is 17.4 Å². The minimum absolute atomic E-state index is 0.809. The zero-order valence-electron chi connectivity index (χ0n) is 41.5. The monoisotopic (exact) mass is 968 g/mol. The Labute approximate surface area is 442 Å². The van der Waals surface area contributed by atoms with Crippen LogP contribution in [0.5, 0.6) is 11.5 Å². The Morgan fingerprint density at radius 3 is 1.17 bits per heavy atom. The summed E-state index contributed by atoms with van der Waals surface area (Å²) in [6, 6.07) is 106. The lowest BCUT2D eigenvalue weighted by atomic mass is 9.60. The normalized spacial score (nSPS) is 12.9. The highest BCUT2D eigenvalue weighted by atomic mass is 16.5. The Bertz CT molecular complexity index is 4160. The lowest BCUT2D eigenvalue weighted by Gasteiger charge is -2.49. The van der Waals surface area contributed by atoms with Crippen LogP contribution in [0.25, 0.3) is 83.1 Å². The van der Waals surface area contributed by atoms with Crippen molar-refractivity contribution in [2.75, 3.05) is 4.90 Å². The van der Waals surface area contributed by atoms with Gasteiger partial charge in [0.15, 0.2) is 0 Å². The quantitative estimate of drug-likeness (QED) is 0.158. The van der Waals surface area contributed by atoms with Crippen molar-refractivity contribution in [3.8, 4) is 72.8 Å². The molecule has 0 atom stereocenters. The average molecular weight is 969 g/mol. The first-order chi connectivity index (χ1) is 37.7. The third-order valence-corrected chi connectivity index (χ3v) is 15.9. The fourth-order valence-electron chi connectivity index (χ4n) is 12.6. The molecule has 0 aliphatic carbocycles. The van der Waals surface area contributed by atoms with E-state index in [1.54, 1.807) is 0 Å². The number of ether oxygens (including phenoxy) is 1. The molecule has 13 aromatic rings. The molecule has 1 aromatic heterocycles. The van der Waals surface area contributed by atoms with E-state index in [2.05, 4.69) is 301 Å². The molecule has 0 radical (unpaired) electrons. The van der Waals surface area contributed by atoms with Crippen molar-refractivity contribution in [2.24, 2.45) is 0 Å². The second-order valence-electron chi connectivity index (χ2n) is 19.9. The van der Waals surface area contributed by atoms with Crippen LogP contribution >= 0.6 is 0 Å². The molecular weight excluding hydrogens is 921 g/mol. The molecule has 1 spiro atoms. The maximum atomic E-state index is 6.96. The van der Waals surface area contributed by atoms with E-state index in [1.165, 1.54) is 66.3 Å². The Hall–Kier alpha value is -9.96. The van der Waals surface area contributed by atoms with E-state index in [4.69, 9.17) is 4.74 Å². The second-order valence-corrected chi connectivity index (χ2v) is 19.9. The van der Waals surface area contributed by atoms with Crippen molar-refractivity contribution in [1.82, 2.24) is 4.57 Å². The summed E-state index contributed by atoms with van der Waals surface area (Å²) in [5.41, 5.74) is 22.2. The molecule has 0 unspecified atom stereocenters. The van der Waals surface area contributed by atoms with Gasteiger partial charge in [-0.05, 0) is 140 Å². The summed E-state index contributed by atoms with van der Waals surface area (Å²) >= 11 is 0. The number of para-hydroxylation sites is 4. The fraction of sp³-hybridized carbons (Fsp3) is 0.0137. The number of rotatable bonds is 7. The highest BCUT2D eigenvalue weighted by Gasteiger charge is 2.51. The lowest BCUT2D eigenvalue weighted by Crippen LogP contribution is -2.39. The third kappa shape index (κ3) is 6.76. The first-order valence-corrected chi connectivity index (χ1v) is 26.2. The van der Waals surface area contributed by atoms with E-state index >= 15 is 0 Å². The molecule has 356 valence electrons. The maximum absolute atomic E-state index is 6.96. The molecule has 3 nitrogen and oxygen atoms in total. The molecule has 0 fully saturated rings. The Balaban J connectivity index is 0.999. The van der Waals surface area contributed by atoms with Gasteiger partial charge in [0.1, 0.15) is 11.5 Å². The van der Waals surface area contributed by atoms with Crippen molar-refractivity contribution >= 4 is 38.9 Å². The van der Waals surface area contributed by atoms with Crippen molar-refractivity contribution in [2.45, 2.75) is 5.41 Å². The Morgan fingerprint density at radius 1 is 0.263 bits per heavy atom. The van der Waals surface area contributed by atoms with Crippen molar-refractivity contribution in [3.05, 3.63) is 313 Å². The third-order valence-electron chi connectivity index (χ3n) is 15.9. The molecule has 15 rings (SSSR count). The molecule has 0 saturated carbocycles. The van der Waals surface area contributed by atoms with E-state index in [0.29, 0.717) is 0 Å². The van der Waals surface area contributed by atoms with Gasteiger partial charge in [0.05, 0.1) is 27.8 Å². The summed E-state index contributed by atoms with van der Waals surface area (Å²) in [5.74, 6) is 1.70. The van der Waals surface area contributed by atoms with E-state index in [9.17, 15) is 0 Å². The molecule has 2 aliphatic heterocycles. The molecule has 3 heteroatoms. The number of hydrogen-bond acceptors (Lipinski definition) is 2. The minimum atomic E-state index is -0.809. The number of fused-ring (bicyclic) bond motifs is 11. The number of aromatic nitrogens is 1. The van der Waals surface area contributed by atoms with Gasteiger partial charge in [-0.25, -0.2) is 0 Å². The summed E-state index contributed by atoms with van der Waals surface area (Å²) in [6.07, 6.45) is 0. The van der Waals surface area contributed by atoms with Crippen LogP contribution in [-0.4, -0.2) is 4.57 Å². The van der Waals surface area contributed by atoms with E-state index in [-0.39, 0.29) is 0 Å². The van der Waals surface area contributed by atoms with Crippen LogP contribution in [0.1, 0.15) is 22.3 Å². The van der Waals surface area contributed by atoms with Crippen LogP contribution in [0.15, 0.2) is 291 Å². The zero-order valence-corrected chi connectivity index (χ0v) is 41.5. The summed E-state index contributed by atoms with van der Waals surface area (Å²) in [4.78, 5) is 2.51. The van der Waals surface area contributed by atoms with Crippen molar-refractivity contribution in [1.29, 1.82) is 0 Å². The average Bonchev–Trinajstić information content (AvgIpc) is 3.99. The van der Waals surface area contributed by atoms with Gasteiger partial charge in [0, 0.05) is 33.3 Å². The molecule has 76 heavy (non-hydrogen) atoms. The SMILES string of the molecule is c1ccc(-c2ccccc2-c2ccc3c(c2)C2(c4ccccc4Oc4ccccc42)c2cc(-c4ccccc4-c4ccccc4)ccc2N3c2cccc(-c3cccc(-n4c5ccccc5c5ccccc54)c3)c2)cc1. The Kier molecular flexibility index (Phi) is 10.1. The molecule has 2 aliphatic rings. The fourth-order valence-corrected chi connectivity index (χ4v) is 12.6. The van der Waals surface area contributed by atoms with Gasteiger partial charge in [-0.3, -0.25) is 0 Å². The summed E-state index contributed by atoms with van der Waals surface area (Å²) in [7, 11) is 0. The van der Waals surface area contributed by atoms with Crippen molar-refractivity contribution < 1.29 is 4.74 Å². The smallest absolute Gasteiger partial charge is 0.132 e. The van der Waals surface area contributed by atoms with Crippen LogP contribution < -0.4 is 9.64 Å². The minimum Gasteiger partial charge on any atom is -0.457 e. The van der Waals surface area contributed by atoms with Gasteiger partial charge in [-0.1, -0.05) is 218 Å². The molecule has 0 saturated heterocycles. The molecule has 3 heterocycles. The lowest BCUT2D eigenvalue weighted by molar-refractivity contribution is 0.434. The molecule has 0 amide bonds. The highest BCUT2D eigenvalue weighted by Crippen LogP contribution is 2.64. The zero-order chi connectivity index (χ0) is 50.2. The predicted molar refractivity (Wildman–Crippen MR) is 315 cm³/mol. The standard InChI is InChI=1S/C73H48N2O/c1-3-21-49(22-4-1)57-29-7-9-31-59(57)53-41-43-69-65(47-53)73(63-35-13-17-39-71(63)76-72-40-18-14-36-64(72)73)66-48-54(60-32-10-8-30-58(60)50-23-5-2-6-24-50)42-44-70(66)75(69)56-28-20-26-52(46-56)51-25-19-27-55(45-51)74-67-37-15-11-33-61(67)62-34-12-16-38-68(62)74/h1-48H. The largest absolute Gasteiger partial charge is 0.457 e.